The van der Waals surface area contributed by atoms with Crippen LogP contribution in [0.15, 0.2) is 23.3 Å². The summed E-state index contributed by atoms with van der Waals surface area (Å²) in [7, 11) is 0. The molecule has 1 aromatic carbocycles. The minimum absolute atomic E-state index is 0.569. The van der Waals surface area contributed by atoms with Crippen LogP contribution in [0, 0.1) is 13.8 Å². The molecule has 3 nitrogen and oxygen atoms in total. The summed E-state index contributed by atoms with van der Waals surface area (Å²) in [5, 5.41) is 5.98. The summed E-state index contributed by atoms with van der Waals surface area (Å²) in [5.74, 6) is 0. The van der Waals surface area contributed by atoms with Crippen molar-refractivity contribution in [2.75, 3.05) is 5.43 Å². The van der Waals surface area contributed by atoms with Crippen molar-refractivity contribution in [1.82, 2.24) is 4.98 Å². The lowest BCUT2D eigenvalue weighted by molar-refractivity contribution is 1.20. The normalized spacial score (nSPS) is 11.1. The molecule has 0 bridgehead atoms. The molecule has 0 saturated carbocycles. The van der Waals surface area contributed by atoms with E-state index in [1.54, 1.807) is 35.8 Å². The van der Waals surface area contributed by atoms with Gasteiger partial charge in [0.05, 0.1) is 22.0 Å². The maximum Gasteiger partial charge on any atom is 0.203 e. The van der Waals surface area contributed by atoms with E-state index in [1.165, 1.54) is 4.88 Å². The van der Waals surface area contributed by atoms with Crippen LogP contribution in [-0.4, -0.2) is 11.2 Å². The molecule has 0 saturated heterocycles. The zero-order valence-corrected chi connectivity index (χ0v) is 12.2. The van der Waals surface area contributed by atoms with E-state index in [0.717, 1.165) is 10.8 Å². The topological polar surface area (TPSA) is 37.3 Å². The highest BCUT2D eigenvalue weighted by Gasteiger charge is 2.03. The summed E-state index contributed by atoms with van der Waals surface area (Å²) in [5.41, 5.74) is 4.57. The van der Waals surface area contributed by atoms with Gasteiger partial charge in [0, 0.05) is 10.4 Å². The first-order chi connectivity index (χ1) is 8.58. The number of benzene rings is 1. The van der Waals surface area contributed by atoms with Crippen LogP contribution in [0.5, 0.6) is 0 Å². The zero-order valence-electron chi connectivity index (χ0n) is 9.87. The van der Waals surface area contributed by atoms with Crippen LogP contribution in [0.25, 0.3) is 0 Å². The van der Waals surface area contributed by atoms with Crippen molar-refractivity contribution in [1.29, 1.82) is 0 Å². The molecule has 0 aliphatic heterocycles. The van der Waals surface area contributed by atoms with Gasteiger partial charge >= 0.3 is 0 Å². The third-order valence-corrected chi connectivity index (χ3v) is 4.02. The molecule has 1 heterocycles. The largest absolute Gasteiger partial charge is 0.253 e. The van der Waals surface area contributed by atoms with Gasteiger partial charge < -0.3 is 0 Å². The number of aromatic nitrogens is 1. The summed E-state index contributed by atoms with van der Waals surface area (Å²) >= 11 is 13.6. The smallest absolute Gasteiger partial charge is 0.203 e. The minimum Gasteiger partial charge on any atom is -0.253 e. The van der Waals surface area contributed by atoms with Crippen molar-refractivity contribution in [3.63, 3.8) is 0 Å². The van der Waals surface area contributed by atoms with E-state index in [0.29, 0.717) is 15.6 Å². The van der Waals surface area contributed by atoms with Gasteiger partial charge in [0.25, 0.3) is 0 Å². The predicted molar refractivity (Wildman–Crippen MR) is 79.3 cm³/mol. The van der Waals surface area contributed by atoms with Gasteiger partial charge in [0.15, 0.2) is 0 Å². The van der Waals surface area contributed by atoms with Crippen molar-refractivity contribution in [3.05, 3.63) is 44.4 Å². The van der Waals surface area contributed by atoms with E-state index in [9.17, 15) is 0 Å². The maximum atomic E-state index is 6.02. The van der Waals surface area contributed by atoms with Crippen LogP contribution in [0.4, 0.5) is 5.13 Å². The zero-order chi connectivity index (χ0) is 13.1. The second-order valence-electron chi connectivity index (χ2n) is 3.67. The highest BCUT2D eigenvalue weighted by Crippen LogP contribution is 2.23. The van der Waals surface area contributed by atoms with Gasteiger partial charge in [-0.25, -0.2) is 4.98 Å². The Morgan fingerprint density at radius 1 is 1.28 bits per heavy atom. The van der Waals surface area contributed by atoms with Gasteiger partial charge in [-0.2, -0.15) is 5.10 Å². The van der Waals surface area contributed by atoms with Crippen molar-refractivity contribution < 1.29 is 0 Å². The first-order valence-corrected chi connectivity index (χ1v) is 6.82. The molecule has 18 heavy (non-hydrogen) atoms. The van der Waals surface area contributed by atoms with Crippen LogP contribution in [0.3, 0.4) is 0 Å². The van der Waals surface area contributed by atoms with Crippen LogP contribution in [0.2, 0.25) is 10.0 Å². The predicted octanol–water partition coefficient (Wildman–Crippen LogP) is 4.51. The van der Waals surface area contributed by atoms with E-state index in [1.807, 2.05) is 13.8 Å². The quantitative estimate of drug-likeness (QED) is 0.668. The molecule has 6 heteroatoms. The number of hydrogen-bond donors (Lipinski definition) is 1. The summed E-state index contributed by atoms with van der Waals surface area (Å²) in [6, 6.07) is 5.34. The van der Waals surface area contributed by atoms with Crippen molar-refractivity contribution in [2.45, 2.75) is 13.8 Å². The lowest BCUT2D eigenvalue weighted by atomic mass is 10.2. The van der Waals surface area contributed by atoms with Crippen molar-refractivity contribution >= 4 is 45.9 Å². The van der Waals surface area contributed by atoms with Crippen molar-refractivity contribution in [2.24, 2.45) is 5.10 Å². The van der Waals surface area contributed by atoms with E-state index >= 15 is 0 Å². The average molecular weight is 300 g/mol. The number of anilines is 1. The number of thiazole rings is 1. The van der Waals surface area contributed by atoms with E-state index in [4.69, 9.17) is 23.2 Å². The molecule has 0 spiro atoms. The highest BCUT2D eigenvalue weighted by molar-refractivity contribution is 7.15. The van der Waals surface area contributed by atoms with Crippen molar-refractivity contribution in [3.8, 4) is 0 Å². The van der Waals surface area contributed by atoms with Crippen LogP contribution < -0.4 is 5.43 Å². The number of nitrogens with zero attached hydrogens (tertiary/aromatic N) is 2. The molecule has 0 unspecified atom stereocenters. The Kier molecular flexibility index (Phi) is 4.22. The molecule has 0 aliphatic carbocycles. The molecule has 2 rings (SSSR count). The molecule has 0 aliphatic rings. The van der Waals surface area contributed by atoms with Crippen LogP contribution >= 0.6 is 34.5 Å². The fourth-order valence-electron chi connectivity index (χ4n) is 1.31. The summed E-state index contributed by atoms with van der Waals surface area (Å²) in [6.07, 6.45) is 1.59. The lowest BCUT2D eigenvalue weighted by Crippen LogP contribution is -1.91. The molecular formula is C12H11Cl2N3S. The second-order valence-corrected chi connectivity index (χ2v) is 5.68. The van der Waals surface area contributed by atoms with Crippen LogP contribution in [0.1, 0.15) is 16.1 Å². The highest BCUT2D eigenvalue weighted by atomic mass is 35.5. The van der Waals surface area contributed by atoms with E-state index < -0.39 is 0 Å². The first kappa shape index (κ1) is 13.3. The fourth-order valence-corrected chi connectivity index (χ4v) is 2.57. The monoisotopic (exact) mass is 299 g/mol. The third kappa shape index (κ3) is 3.02. The molecule has 0 atom stereocenters. The molecule has 94 valence electrons. The number of hydrazone groups is 1. The Hall–Kier alpha value is -1.10. The Morgan fingerprint density at radius 3 is 2.50 bits per heavy atom. The molecule has 0 radical (unpaired) electrons. The van der Waals surface area contributed by atoms with Crippen LogP contribution in [-0.2, 0) is 0 Å². The average Bonchev–Trinajstić information content (AvgIpc) is 2.62. The Bertz CT molecular complexity index is 553. The molecule has 2 aromatic rings. The summed E-state index contributed by atoms with van der Waals surface area (Å²) < 4.78 is 0. The second kappa shape index (κ2) is 5.69. The fraction of sp³-hybridized carbons (Fsp3) is 0.167. The number of rotatable bonds is 3. The molecule has 1 N–H and O–H groups in total. The first-order valence-electron chi connectivity index (χ1n) is 5.25. The minimum atomic E-state index is 0.569. The number of nitrogens with one attached hydrogen (secondary N) is 1. The Balaban J connectivity index is 2.12. The van der Waals surface area contributed by atoms with Gasteiger partial charge in [-0.15, -0.1) is 11.3 Å². The Labute approximate surface area is 119 Å². The van der Waals surface area contributed by atoms with E-state index in [2.05, 4.69) is 15.5 Å². The number of aryl methyl sites for hydroxylation is 2. The lowest BCUT2D eigenvalue weighted by Gasteiger charge is -2.00. The molecule has 0 fully saturated rings. The number of hydrogen-bond acceptors (Lipinski definition) is 4. The van der Waals surface area contributed by atoms with Gasteiger partial charge in [-0.1, -0.05) is 29.3 Å². The SMILES string of the molecule is Cc1nc(NN=Cc2c(Cl)cccc2Cl)sc1C. The number of halogens is 2. The van der Waals surface area contributed by atoms with E-state index in [-0.39, 0.29) is 0 Å². The van der Waals surface area contributed by atoms with Gasteiger partial charge in [-0.05, 0) is 26.0 Å². The molecule has 1 aromatic heterocycles. The van der Waals surface area contributed by atoms with Gasteiger partial charge in [0.2, 0.25) is 5.13 Å². The third-order valence-electron chi connectivity index (χ3n) is 2.38. The summed E-state index contributed by atoms with van der Waals surface area (Å²) in [6.45, 7) is 3.98. The Morgan fingerprint density at radius 2 is 1.94 bits per heavy atom. The molecule has 0 amide bonds. The van der Waals surface area contributed by atoms with Gasteiger partial charge in [-0.3, -0.25) is 5.43 Å². The standard InChI is InChI=1S/C12H11Cl2N3S/c1-7-8(2)18-12(16-7)17-15-6-9-10(13)4-3-5-11(9)14/h3-6H,1-2H3,(H,16,17). The maximum absolute atomic E-state index is 6.02. The molecular weight excluding hydrogens is 289 g/mol. The summed E-state index contributed by atoms with van der Waals surface area (Å²) in [4.78, 5) is 5.48. The van der Waals surface area contributed by atoms with Gasteiger partial charge in [0.1, 0.15) is 0 Å².